The third-order valence-corrected chi connectivity index (χ3v) is 3.38. The number of rotatable bonds is 4. The first kappa shape index (κ1) is 11.3. The Labute approximate surface area is 95.7 Å². The topological polar surface area (TPSA) is 49.4 Å². The van der Waals surface area contributed by atoms with Crippen LogP contribution in [0.4, 0.5) is 0 Å². The van der Waals surface area contributed by atoms with Crippen LogP contribution in [0.5, 0.6) is 0 Å². The van der Waals surface area contributed by atoms with E-state index in [-0.39, 0.29) is 23.9 Å². The summed E-state index contributed by atoms with van der Waals surface area (Å²) in [6.45, 7) is 4.16. The van der Waals surface area contributed by atoms with Gasteiger partial charge in [0.2, 0.25) is 11.8 Å². The Morgan fingerprint density at radius 3 is 2.69 bits per heavy atom. The van der Waals surface area contributed by atoms with Crippen molar-refractivity contribution in [2.75, 3.05) is 6.54 Å². The molecule has 16 heavy (non-hydrogen) atoms. The molecule has 2 fully saturated rings. The van der Waals surface area contributed by atoms with Crippen molar-refractivity contribution < 1.29 is 9.59 Å². The van der Waals surface area contributed by atoms with Gasteiger partial charge < -0.3 is 5.32 Å². The fourth-order valence-electron chi connectivity index (χ4n) is 2.58. The quantitative estimate of drug-likeness (QED) is 0.566. The molecule has 0 radical (unpaired) electrons. The van der Waals surface area contributed by atoms with Crippen LogP contribution in [0, 0.1) is 0 Å². The normalized spacial score (nSPS) is 26.8. The van der Waals surface area contributed by atoms with E-state index >= 15 is 0 Å². The summed E-state index contributed by atoms with van der Waals surface area (Å²) < 4.78 is 0. The standard InChI is InChI=1S/C12H18N2O2/c1-2-7-13-10-8-11(15)14(12(10)16)9-5-3-4-6-9/h2,9-10,13H,1,3-8H2. The highest BCUT2D eigenvalue weighted by molar-refractivity contribution is 6.05. The zero-order chi connectivity index (χ0) is 11.5. The number of likely N-dealkylation sites (tertiary alicyclic amines) is 1. The summed E-state index contributed by atoms with van der Waals surface area (Å²) in [6, 6.07) is -0.165. The number of imide groups is 1. The van der Waals surface area contributed by atoms with Crippen molar-refractivity contribution in [1.82, 2.24) is 10.2 Å². The van der Waals surface area contributed by atoms with Gasteiger partial charge in [0.25, 0.3) is 0 Å². The lowest BCUT2D eigenvalue weighted by atomic mass is 10.2. The van der Waals surface area contributed by atoms with Crippen LogP contribution in [-0.2, 0) is 9.59 Å². The Hall–Kier alpha value is -1.16. The molecule has 0 aromatic carbocycles. The van der Waals surface area contributed by atoms with E-state index in [4.69, 9.17) is 0 Å². The third-order valence-electron chi connectivity index (χ3n) is 3.38. The van der Waals surface area contributed by atoms with Crippen molar-refractivity contribution in [2.24, 2.45) is 0 Å². The summed E-state index contributed by atoms with van der Waals surface area (Å²) in [5.74, 6) is -0.0581. The number of hydrogen-bond acceptors (Lipinski definition) is 3. The van der Waals surface area contributed by atoms with Gasteiger partial charge in [0.1, 0.15) is 0 Å². The van der Waals surface area contributed by atoms with E-state index in [9.17, 15) is 9.59 Å². The molecule has 4 nitrogen and oxygen atoms in total. The number of amides is 2. The first-order valence-electron chi connectivity index (χ1n) is 5.94. The second-order valence-electron chi connectivity index (χ2n) is 4.49. The van der Waals surface area contributed by atoms with E-state index in [0.717, 1.165) is 25.7 Å². The van der Waals surface area contributed by atoms with Gasteiger partial charge in [0, 0.05) is 12.6 Å². The number of hydrogen-bond donors (Lipinski definition) is 1. The molecule has 1 atom stereocenters. The molecule has 88 valence electrons. The van der Waals surface area contributed by atoms with Crippen molar-refractivity contribution in [3.05, 3.63) is 12.7 Å². The predicted molar refractivity (Wildman–Crippen MR) is 60.7 cm³/mol. The average Bonchev–Trinajstić information content (AvgIpc) is 2.85. The zero-order valence-corrected chi connectivity index (χ0v) is 9.45. The Balaban J connectivity index is 2.01. The van der Waals surface area contributed by atoms with Crippen LogP contribution in [0.2, 0.25) is 0 Å². The number of carbonyl (C=O) groups excluding carboxylic acids is 2. The highest BCUT2D eigenvalue weighted by Gasteiger charge is 2.42. The molecule has 2 amide bonds. The summed E-state index contributed by atoms with van der Waals surface area (Å²) in [6.07, 6.45) is 6.23. The van der Waals surface area contributed by atoms with Gasteiger partial charge in [-0.05, 0) is 12.8 Å². The highest BCUT2D eigenvalue weighted by atomic mass is 16.2. The molecule has 2 rings (SSSR count). The number of nitrogens with zero attached hydrogens (tertiary/aromatic N) is 1. The molecule has 1 aliphatic heterocycles. The van der Waals surface area contributed by atoms with Gasteiger partial charge in [-0.2, -0.15) is 0 Å². The Morgan fingerprint density at radius 2 is 2.06 bits per heavy atom. The lowest BCUT2D eigenvalue weighted by Crippen LogP contribution is -2.43. The maximum Gasteiger partial charge on any atom is 0.247 e. The van der Waals surface area contributed by atoms with Gasteiger partial charge >= 0.3 is 0 Å². The Morgan fingerprint density at radius 1 is 1.38 bits per heavy atom. The molecule has 1 aliphatic carbocycles. The van der Waals surface area contributed by atoms with E-state index in [1.807, 2.05) is 0 Å². The molecule has 0 aromatic rings. The minimum absolute atomic E-state index is 0.0153. The molecular weight excluding hydrogens is 204 g/mol. The van der Waals surface area contributed by atoms with E-state index < -0.39 is 0 Å². The van der Waals surface area contributed by atoms with Crippen molar-refractivity contribution in [3.8, 4) is 0 Å². The molecule has 2 aliphatic rings. The van der Waals surface area contributed by atoms with Gasteiger partial charge in [-0.3, -0.25) is 14.5 Å². The van der Waals surface area contributed by atoms with E-state index in [1.54, 1.807) is 6.08 Å². The molecule has 1 heterocycles. The number of carbonyl (C=O) groups is 2. The van der Waals surface area contributed by atoms with Crippen LogP contribution >= 0.6 is 0 Å². The van der Waals surface area contributed by atoms with Crippen molar-refractivity contribution in [2.45, 2.75) is 44.2 Å². The maximum absolute atomic E-state index is 12.0. The third kappa shape index (κ3) is 2.02. The van der Waals surface area contributed by atoms with Crippen LogP contribution in [0.3, 0.4) is 0 Å². The zero-order valence-electron chi connectivity index (χ0n) is 9.45. The summed E-state index contributed by atoms with van der Waals surface area (Å²) >= 11 is 0. The molecule has 4 heteroatoms. The lowest BCUT2D eigenvalue weighted by molar-refractivity contribution is -0.141. The first-order chi connectivity index (χ1) is 7.74. The van der Waals surface area contributed by atoms with Crippen molar-refractivity contribution in [1.29, 1.82) is 0 Å². The number of nitrogens with one attached hydrogen (secondary N) is 1. The Kier molecular flexibility index (Phi) is 3.39. The lowest BCUT2D eigenvalue weighted by Gasteiger charge is -2.22. The van der Waals surface area contributed by atoms with Gasteiger partial charge in [0.15, 0.2) is 0 Å². The first-order valence-corrected chi connectivity index (χ1v) is 5.94. The average molecular weight is 222 g/mol. The molecular formula is C12H18N2O2. The summed E-state index contributed by atoms with van der Waals surface area (Å²) in [7, 11) is 0. The van der Waals surface area contributed by atoms with Crippen molar-refractivity contribution >= 4 is 11.8 Å². The molecule has 1 N–H and O–H groups in total. The molecule has 1 unspecified atom stereocenters. The van der Waals surface area contributed by atoms with Gasteiger partial charge in [0.05, 0.1) is 12.5 Å². The molecule has 0 aromatic heterocycles. The minimum Gasteiger partial charge on any atom is -0.302 e. The van der Waals surface area contributed by atoms with E-state index in [0.29, 0.717) is 13.0 Å². The molecule has 1 saturated carbocycles. The summed E-state index contributed by atoms with van der Waals surface area (Å²) in [4.78, 5) is 25.3. The summed E-state index contributed by atoms with van der Waals surface area (Å²) in [5, 5.41) is 3.03. The summed E-state index contributed by atoms with van der Waals surface area (Å²) in [5.41, 5.74) is 0. The van der Waals surface area contributed by atoms with Gasteiger partial charge in [-0.15, -0.1) is 6.58 Å². The van der Waals surface area contributed by atoms with Crippen molar-refractivity contribution in [3.63, 3.8) is 0 Å². The second kappa shape index (κ2) is 4.78. The van der Waals surface area contributed by atoms with Crippen LogP contribution in [0.25, 0.3) is 0 Å². The molecule has 0 spiro atoms. The van der Waals surface area contributed by atoms with Crippen LogP contribution in [0.15, 0.2) is 12.7 Å². The SMILES string of the molecule is C=CCNC1CC(=O)N(C2CCCC2)C1=O. The van der Waals surface area contributed by atoms with E-state index in [2.05, 4.69) is 11.9 Å². The van der Waals surface area contributed by atoms with Gasteiger partial charge in [-0.1, -0.05) is 18.9 Å². The maximum atomic E-state index is 12.0. The van der Waals surface area contributed by atoms with Crippen LogP contribution in [-0.4, -0.2) is 35.3 Å². The fourth-order valence-corrected chi connectivity index (χ4v) is 2.58. The molecule has 1 saturated heterocycles. The van der Waals surface area contributed by atoms with Crippen LogP contribution in [0.1, 0.15) is 32.1 Å². The van der Waals surface area contributed by atoms with E-state index in [1.165, 1.54) is 4.90 Å². The largest absolute Gasteiger partial charge is 0.302 e. The van der Waals surface area contributed by atoms with Gasteiger partial charge in [-0.25, -0.2) is 0 Å². The second-order valence-corrected chi connectivity index (χ2v) is 4.49. The predicted octanol–water partition coefficient (Wildman–Crippen LogP) is 0.832. The smallest absolute Gasteiger partial charge is 0.247 e. The molecule has 0 bridgehead atoms. The highest BCUT2D eigenvalue weighted by Crippen LogP contribution is 2.27. The Bertz CT molecular complexity index is 308. The monoisotopic (exact) mass is 222 g/mol. The minimum atomic E-state index is -0.328. The fraction of sp³-hybridized carbons (Fsp3) is 0.667. The van der Waals surface area contributed by atoms with Crippen LogP contribution < -0.4 is 5.32 Å².